The summed E-state index contributed by atoms with van der Waals surface area (Å²) in [6.45, 7) is 7.17. The van der Waals surface area contributed by atoms with Gasteiger partial charge in [-0.25, -0.2) is 18.4 Å². The molecule has 3 rings (SSSR count). The largest absolute Gasteiger partial charge is 0.379 e. The Hall–Kier alpha value is -1.78. The maximum Gasteiger partial charge on any atom is 0.272 e. The van der Waals surface area contributed by atoms with Crippen LogP contribution in [0.15, 0.2) is 12.3 Å². The van der Waals surface area contributed by atoms with Crippen molar-refractivity contribution < 1.29 is 17.9 Å². The number of hydrogen-bond acceptors (Lipinski definition) is 8. The van der Waals surface area contributed by atoms with Gasteiger partial charge in [0.05, 0.1) is 24.7 Å². The summed E-state index contributed by atoms with van der Waals surface area (Å²) in [6, 6.07) is 1.29. The lowest BCUT2D eigenvalue weighted by Gasteiger charge is -2.27. The highest BCUT2D eigenvalue weighted by molar-refractivity contribution is 7.91. The molecular formula is C17H27N5O4S. The van der Waals surface area contributed by atoms with Crippen molar-refractivity contribution in [3.8, 4) is 0 Å². The van der Waals surface area contributed by atoms with Crippen LogP contribution in [0.2, 0.25) is 0 Å². The highest BCUT2D eigenvalue weighted by atomic mass is 32.2. The zero-order chi connectivity index (χ0) is 19.3. The van der Waals surface area contributed by atoms with Crippen LogP contribution in [-0.2, 0) is 14.6 Å². The molecule has 0 aliphatic carbocycles. The van der Waals surface area contributed by atoms with Gasteiger partial charge in [-0.2, -0.15) is 0 Å². The van der Waals surface area contributed by atoms with Gasteiger partial charge in [-0.3, -0.25) is 9.69 Å². The van der Waals surface area contributed by atoms with E-state index in [9.17, 15) is 13.2 Å². The molecule has 2 aliphatic rings. The minimum atomic E-state index is -3.05. The Morgan fingerprint density at radius 2 is 2.19 bits per heavy atom. The number of sulfone groups is 1. The summed E-state index contributed by atoms with van der Waals surface area (Å²) in [6.07, 6.45) is 2.04. The molecule has 150 valence electrons. The Kier molecular flexibility index (Phi) is 6.61. The molecule has 0 spiro atoms. The minimum Gasteiger partial charge on any atom is -0.379 e. The van der Waals surface area contributed by atoms with Crippen LogP contribution in [0.5, 0.6) is 0 Å². The van der Waals surface area contributed by atoms with Crippen molar-refractivity contribution in [3.63, 3.8) is 0 Å². The fourth-order valence-corrected chi connectivity index (χ4v) is 5.18. The van der Waals surface area contributed by atoms with Gasteiger partial charge in [-0.1, -0.05) is 0 Å². The number of carbonyl (C=O) groups excluding carboxylic acids is 1. The van der Waals surface area contributed by atoms with Crippen LogP contribution in [0.25, 0.3) is 0 Å². The Bertz CT molecular complexity index is 751. The summed E-state index contributed by atoms with van der Waals surface area (Å²) in [5.41, 5.74) is 0.282. The summed E-state index contributed by atoms with van der Waals surface area (Å²) < 4.78 is 28.8. The smallest absolute Gasteiger partial charge is 0.272 e. The highest BCUT2D eigenvalue weighted by Gasteiger charge is 2.34. The topological polar surface area (TPSA) is 105 Å². The van der Waals surface area contributed by atoms with E-state index in [-0.39, 0.29) is 29.1 Å². The van der Waals surface area contributed by atoms with E-state index in [1.54, 1.807) is 17.2 Å². The first-order valence-electron chi connectivity index (χ1n) is 9.37. The number of amides is 1. The molecule has 3 heterocycles. The Labute approximate surface area is 160 Å². The molecule has 9 nitrogen and oxygen atoms in total. The second kappa shape index (κ2) is 8.94. The zero-order valence-electron chi connectivity index (χ0n) is 15.6. The van der Waals surface area contributed by atoms with Crippen LogP contribution >= 0.6 is 0 Å². The molecule has 1 aromatic heterocycles. The second-order valence-electron chi connectivity index (χ2n) is 6.79. The Morgan fingerprint density at radius 3 is 2.85 bits per heavy atom. The van der Waals surface area contributed by atoms with Crippen molar-refractivity contribution >= 4 is 21.7 Å². The van der Waals surface area contributed by atoms with E-state index in [0.717, 1.165) is 32.8 Å². The third-order valence-corrected chi connectivity index (χ3v) is 6.69. The van der Waals surface area contributed by atoms with E-state index in [0.29, 0.717) is 25.5 Å². The minimum absolute atomic E-state index is 0.0301. The molecule has 10 heteroatoms. The van der Waals surface area contributed by atoms with Gasteiger partial charge in [-0.15, -0.1) is 0 Å². The van der Waals surface area contributed by atoms with Crippen molar-refractivity contribution in [2.45, 2.75) is 19.4 Å². The van der Waals surface area contributed by atoms with Gasteiger partial charge in [0.1, 0.15) is 5.69 Å². The second-order valence-corrected chi connectivity index (χ2v) is 9.02. The van der Waals surface area contributed by atoms with E-state index < -0.39 is 9.84 Å². The Balaban J connectivity index is 1.59. The number of ether oxygens (including phenoxy) is 1. The number of anilines is 1. The lowest BCUT2D eigenvalue weighted by Crippen LogP contribution is -2.41. The first-order chi connectivity index (χ1) is 13.0. The summed E-state index contributed by atoms with van der Waals surface area (Å²) in [5, 5.41) is 3.16. The monoisotopic (exact) mass is 397 g/mol. The number of nitrogens with zero attached hydrogens (tertiary/aromatic N) is 4. The molecule has 2 saturated heterocycles. The average Bonchev–Trinajstić information content (AvgIpc) is 3.03. The zero-order valence-corrected chi connectivity index (χ0v) is 16.4. The molecule has 2 aliphatic heterocycles. The van der Waals surface area contributed by atoms with E-state index in [2.05, 4.69) is 20.2 Å². The summed E-state index contributed by atoms with van der Waals surface area (Å²) >= 11 is 0. The van der Waals surface area contributed by atoms with Crippen molar-refractivity contribution in [3.05, 3.63) is 18.0 Å². The third-order valence-electron chi connectivity index (χ3n) is 4.94. The normalized spacial score (nSPS) is 22.5. The maximum atomic E-state index is 12.8. The summed E-state index contributed by atoms with van der Waals surface area (Å²) in [7, 11) is -3.05. The SMILES string of the molecule is CCN(C(=O)c1ccnc(NCCN2CCOCC2)n1)C1CCS(=O)(=O)C1. The summed E-state index contributed by atoms with van der Waals surface area (Å²) in [5.74, 6) is 0.324. The third kappa shape index (κ3) is 5.36. The van der Waals surface area contributed by atoms with E-state index in [4.69, 9.17) is 4.74 Å². The maximum absolute atomic E-state index is 12.8. The summed E-state index contributed by atoms with van der Waals surface area (Å²) in [4.78, 5) is 25.2. The van der Waals surface area contributed by atoms with Crippen LogP contribution in [0.1, 0.15) is 23.8 Å². The molecule has 1 amide bonds. The lowest BCUT2D eigenvalue weighted by molar-refractivity contribution is 0.0398. The highest BCUT2D eigenvalue weighted by Crippen LogP contribution is 2.19. The molecule has 0 radical (unpaired) electrons. The van der Waals surface area contributed by atoms with Crippen molar-refractivity contribution in [1.82, 2.24) is 19.8 Å². The van der Waals surface area contributed by atoms with Gasteiger partial charge in [-0.05, 0) is 19.4 Å². The lowest BCUT2D eigenvalue weighted by atomic mass is 10.2. The Morgan fingerprint density at radius 1 is 1.41 bits per heavy atom. The molecule has 0 saturated carbocycles. The average molecular weight is 398 g/mol. The first-order valence-corrected chi connectivity index (χ1v) is 11.2. The first kappa shape index (κ1) is 20.0. The number of carbonyl (C=O) groups is 1. The molecule has 1 unspecified atom stereocenters. The van der Waals surface area contributed by atoms with Crippen molar-refractivity contribution in [1.29, 1.82) is 0 Å². The number of nitrogens with one attached hydrogen (secondary N) is 1. The quantitative estimate of drug-likeness (QED) is 0.678. The molecule has 27 heavy (non-hydrogen) atoms. The van der Waals surface area contributed by atoms with Gasteiger partial charge in [0, 0.05) is 45.0 Å². The molecule has 1 N–H and O–H groups in total. The van der Waals surface area contributed by atoms with Gasteiger partial charge in [0.15, 0.2) is 9.84 Å². The molecular weight excluding hydrogens is 370 g/mol. The predicted octanol–water partition coefficient (Wildman–Crippen LogP) is -0.130. The van der Waals surface area contributed by atoms with Crippen molar-refractivity contribution in [2.24, 2.45) is 0 Å². The predicted molar refractivity (Wildman–Crippen MR) is 102 cm³/mol. The number of rotatable bonds is 7. The van der Waals surface area contributed by atoms with Gasteiger partial charge < -0.3 is 15.0 Å². The van der Waals surface area contributed by atoms with Crippen molar-refractivity contribution in [2.75, 3.05) is 62.8 Å². The molecule has 1 atom stereocenters. The molecule has 0 bridgehead atoms. The fourth-order valence-electron chi connectivity index (χ4n) is 3.45. The van der Waals surface area contributed by atoms with Gasteiger partial charge >= 0.3 is 0 Å². The molecule has 2 fully saturated rings. The van der Waals surface area contributed by atoms with E-state index >= 15 is 0 Å². The molecule has 1 aromatic rings. The van der Waals surface area contributed by atoms with Crippen LogP contribution < -0.4 is 5.32 Å². The number of hydrogen-bond donors (Lipinski definition) is 1. The van der Waals surface area contributed by atoms with Gasteiger partial charge in [0.2, 0.25) is 5.95 Å². The van der Waals surface area contributed by atoms with Crippen LogP contribution in [0, 0.1) is 0 Å². The standard InChI is InChI=1S/C17H27N5O4S/c1-2-22(14-4-12-27(24,25)13-14)16(23)15-3-5-18-17(20-15)19-6-7-21-8-10-26-11-9-21/h3,5,14H,2,4,6-13H2,1H3,(H,18,19,20). The van der Waals surface area contributed by atoms with Crippen LogP contribution in [0.3, 0.4) is 0 Å². The van der Waals surface area contributed by atoms with Crippen LogP contribution in [0.4, 0.5) is 5.95 Å². The van der Waals surface area contributed by atoms with Crippen LogP contribution in [-0.4, -0.2) is 97.6 Å². The number of morpholine rings is 1. The fraction of sp³-hybridized carbons (Fsp3) is 0.706. The number of aromatic nitrogens is 2. The van der Waals surface area contributed by atoms with E-state index in [1.165, 1.54) is 0 Å². The van der Waals surface area contributed by atoms with E-state index in [1.807, 2.05) is 6.92 Å². The van der Waals surface area contributed by atoms with Gasteiger partial charge in [0.25, 0.3) is 5.91 Å². The molecule has 0 aromatic carbocycles.